The Labute approximate surface area is 197 Å². The number of aromatic nitrogens is 3. The minimum absolute atomic E-state index is 0.0376. The van der Waals surface area contributed by atoms with E-state index < -0.39 is 0 Å². The number of aryl methyl sites for hydroxylation is 3. The molecule has 0 atom stereocenters. The molecule has 7 heteroatoms. The minimum Gasteiger partial charge on any atom is -0.496 e. The molecule has 0 radical (unpaired) electrons. The summed E-state index contributed by atoms with van der Waals surface area (Å²) < 4.78 is 18.9. The van der Waals surface area contributed by atoms with Gasteiger partial charge in [0.2, 0.25) is 0 Å². The molecule has 0 aliphatic heterocycles. The number of benzene rings is 2. The van der Waals surface area contributed by atoms with E-state index in [0.717, 1.165) is 28.3 Å². The second-order valence-electron chi connectivity index (χ2n) is 8.04. The Morgan fingerprint density at radius 3 is 2.24 bits per heavy atom. The molecule has 6 nitrogen and oxygen atoms in total. The maximum atomic E-state index is 13.5. The Morgan fingerprint density at radius 1 is 0.912 bits per heavy atom. The van der Waals surface area contributed by atoms with Crippen LogP contribution in [-0.4, -0.2) is 27.8 Å². The summed E-state index contributed by atoms with van der Waals surface area (Å²) in [4.78, 5) is 26.8. The third-order valence-electron chi connectivity index (χ3n) is 5.47. The molecule has 0 bridgehead atoms. The number of pyridine rings is 1. The van der Waals surface area contributed by atoms with Crippen molar-refractivity contribution in [3.05, 3.63) is 89.1 Å². The van der Waals surface area contributed by atoms with Crippen molar-refractivity contribution in [3.63, 3.8) is 0 Å². The van der Waals surface area contributed by atoms with Gasteiger partial charge in [-0.05, 0) is 68.3 Å². The number of methoxy groups -OCH3 is 1. The number of nitrogens with two attached hydrogens (primary N) is 1. The van der Waals surface area contributed by atoms with E-state index in [1.807, 2.05) is 50.2 Å². The van der Waals surface area contributed by atoms with Crippen LogP contribution in [-0.2, 0) is 6.42 Å². The Balaban J connectivity index is 1.76. The summed E-state index contributed by atoms with van der Waals surface area (Å²) in [5, 5.41) is 0. The maximum Gasteiger partial charge on any atom is 0.185 e. The number of hydrogen-bond acceptors (Lipinski definition) is 6. The van der Waals surface area contributed by atoms with Gasteiger partial charge in [-0.1, -0.05) is 18.2 Å². The van der Waals surface area contributed by atoms with Crippen LogP contribution in [0, 0.1) is 19.7 Å². The Morgan fingerprint density at radius 2 is 1.56 bits per heavy atom. The van der Waals surface area contributed by atoms with Gasteiger partial charge in [0.15, 0.2) is 11.6 Å². The lowest BCUT2D eigenvalue weighted by atomic mass is 10.0. The van der Waals surface area contributed by atoms with Gasteiger partial charge in [0.25, 0.3) is 0 Å². The molecule has 34 heavy (non-hydrogen) atoms. The molecular formula is C27H25FN4O2. The number of ketones is 1. The van der Waals surface area contributed by atoms with E-state index in [0.29, 0.717) is 23.4 Å². The third-order valence-corrected chi connectivity index (χ3v) is 5.47. The van der Waals surface area contributed by atoms with Gasteiger partial charge >= 0.3 is 0 Å². The second-order valence-corrected chi connectivity index (χ2v) is 8.04. The molecular weight excluding hydrogens is 431 g/mol. The maximum absolute atomic E-state index is 13.5. The highest BCUT2D eigenvalue weighted by molar-refractivity contribution is 5.99. The summed E-state index contributed by atoms with van der Waals surface area (Å²) in [6.07, 6.45) is 0.676. The number of para-hydroxylation sites is 1. The number of anilines is 1. The predicted molar refractivity (Wildman–Crippen MR) is 130 cm³/mol. The van der Waals surface area contributed by atoms with Crippen LogP contribution in [0.1, 0.15) is 33.9 Å². The molecule has 2 aromatic carbocycles. The van der Waals surface area contributed by atoms with Crippen LogP contribution < -0.4 is 10.5 Å². The normalized spacial score (nSPS) is 10.8. The molecule has 0 saturated carbocycles. The summed E-state index contributed by atoms with van der Waals surface area (Å²) in [5.74, 6) is 0.190. The number of nitrogen functional groups attached to an aromatic ring is 1. The molecule has 4 rings (SSSR count). The first-order chi connectivity index (χ1) is 16.4. The molecule has 0 fully saturated rings. The molecule has 0 aliphatic carbocycles. The zero-order valence-electron chi connectivity index (χ0n) is 19.3. The van der Waals surface area contributed by atoms with Gasteiger partial charge in [-0.15, -0.1) is 0 Å². The van der Waals surface area contributed by atoms with E-state index in [4.69, 9.17) is 10.5 Å². The fourth-order valence-electron chi connectivity index (χ4n) is 3.91. The monoisotopic (exact) mass is 456 g/mol. The number of hydrogen-bond donors (Lipinski definition) is 1. The van der Waals surface area contributed by atoms with E-state index in [-0.39, 0.29) is 29.5 Å². The van der Waals surface area contributed by atoms with Gasteiger partial charge in [0.1, 0.15) is 17.3 Å². The molecule has 2 N–H and O–H groups in total. The zero-order chi connectivity index (χ0) is 24.2. The van der Waals surface area contributed by atoms with Crippen molar-refractivity contribution >= 4 is 11.6 Å². The van der Waals surface area contributed by atoms with Crippen molar-refractivity contribution in [2.24, 2.45) is 0 Å². The molecule has 0 unspecified atom stereocenters. The van der Waals surface area contributed by atoms with Crippen molar-refractivity contribution < 1.29 is 13.9 Å². The zero-order valence-corrected chi connectivity index (χ0v) is 19.3. The molecule has 172 valence electrons. The van der Waals surface area contributed by atoms with E-state index in [1.165, 1.54) is 12.1 Å². The van der Waals surface area contributed by atoms with Crippen molar-refractivity contribution in [3.8, 4) is 28.3 Å². The first kappa shape index (κ1) is 23.0. The first-order valence-corrected chi connectivity index (χ1v) is 10.9. The van der Waals surface area contributed by atoms with E-state index in [1.54, 1.807) is 19.2 Å². The van der Waals surface area contributed by atoms with Crippen LogP contribution in [0.2, 0.25) is 0 Å². The highest BCUT2D eigenvalue weighted by Crippen LogP contribution is 2.32. The van der Waals surface area contributed by atoms with Gasteiger partial charge < -0.3 is 10.5 Å². The van der Waals surface area contributed by atoms with E-state index in [9.17, 15) is 9.18 Å². The Hall–Kier alpha value is -4.13. The number of carbonyl (C=O) groups excluding carboxylic acids is 1. The standard InChI is InChI=1S/C27H25FN4O2/c1-16-14-20(15-17(2)30-16)25-24(19-8-11-21(28)12-9-19)32-27(29)26(31-25)22(33)13-10-18-6-4-5-7-23(18)34-3/h4-9,11-12,14-15H,10,13H2,1-3H3,(H2,29,32). The fraction of sp³-hybridized carbons (Fsp3) is 0.185. The van der Waals surface area contributed by atoms with Crippen molar-refractivity contribution in [1.29, 1.82) is 0 Å². The van der Waals surface area contributed by atoms with Crippen LogP contribution in [0.25, 0.3) is 22.5 Å². The molecule has 0 aliphatic rings. The highest BCUT2D eigenvalue weighted by Gasteiger charge is 2.21. The quantitative estimate of drug-likeness (QED) is 0.376. The second kappa shape index (κ2) is 9.79. The van der Waals surface area contributed by atoms with Crippen LogP contribution in [0.15, 0.2) is 60.7 Å². The first-order valence-electron chi connectivity index (χ1n) is 10.9. The molecule has 0 saturated heterocycles. The number of rotatable bonds is 7. The van der Waals surface area contributed by atoms with Crippen molar-refractivity contribution in [2.75, 3.05) is 12.8 Å². The van der Waals surface area contributed by atoms with Gasteiger partial charge in [-0.3, -0.25) is 9.78 Å². The van der Waals surface area contributed by atoms with Crippen LogP contribution in [0.3, 0.4) is 0 Å². The number of ether oxygens (including phenoxy) is 1. The fourth-order valence-corrected chi connectivity index (χ4v) is 3.91. The number of halogens is 1. The van der Waals surface area contributed by atoms with E-state index in [2.05, 4.69) is 15.0 Å². The van der Waals surface area contributed by atoms with Crippen LogP contribution in [0.5, 0.6) is 5.75 Å². The van der Waals surface area contributed by atoms with Gasteiger partial charge in [0.05, 0.1) is 18.5 Å². The van der Waals surface area contributed by atoms with Crippen LogP contribution in [0.4, 0.5) is 10.2 Å². The van der Waals surface area contributed by atoms with Gasteiger partial charge in [0, 0.05) is 28.9 Å². The summed E-state index contributed by atoms with van der Waals surface area (Å²) in [6, 6.07) is 17.3. The molecule has 0 amide bonds. The lowest BCUT2D eigenvalue weighted by Crippen LogP contribution is -2.12. The van der Waals surface area contributed by atoms with Crippen LogP contribution >= 0.6 is 0 Å². The smallest absolute Gasteiger partial charge is 0.185 e. The number of carbonyl (C=O) groups is 1. The number of Topliss-reactive ketones (excluding diaryl/α,β-unsaturated/α-hetero) is 1. The summed E-state index contributed by atoms with van der Waals surface area (Å²) in [6.45, 7) is 3.77. The lowest BCUT2D eigenvalue weighted by Gasteiger charge is -2.14. The highest BCUT2D eigenvalue weighted by atomic mass is 19.1. The SMILES string of the molecule is COc1ccccc1CCC(=O)c1nc(-c2cc(C)nc(C)c2)c(-c2ccc(F)cc2)nc1N. The topological polar surface area (TPSA) is 91.0 Å². The average Bonchev–Trinajstić information content (AvgIpc) is 2.82. The molecule has 2 aromatic heterocycles. The predicted octanol–water partition coefficient (Wildman–Crippen LogP) is 5.37. The van der Waals surface area contributed by atoms with Gasteiger partial charge in [-0.25, -0.2) is 14.4 Å². The average molecular weight is 457 g/mol. The van der Waals surface area contributed by atoms with E-state index >= 15 is 0 Å². The molecule has 2 heterocycles. The van der Waals surface area contributed by atoms with Crippen molar-refractivity contribution in [2.45, 2.75) is 26.7 Å². The third kappa shape index (κ3) is 4.93. The van der Waals surface area contributed by atoms with Crippen molar-refractivity contribution in [1.82, 2.24) is 15.0 Å². The molecule has 4 aromatic rings. The Kier molecular flexibility index (Phi) is 6.63. The molecule has 0 spiro atoms. The largest absolute Gasteiger partial charge is 0.496 e. The Bertz CT molecular complexity index is 1330. The summed E-state index contributed by atoms with van der Waals surface area (Å²) >= 11 is 0. The minimum atomic E-state index is -0.357. The summed E-state index contributed by atoms with van der Waals surface area (Å²) in [7, 11) is 1.60. The summed E-state index contributed by atoms with van der Waals surface area (Å²) in [5.41, 5.74) is 11.2. The lowest BCUT2D eigenvalue weighted by molar-refractivity contribution is 0.0978. The van der Waals surface area contributed by atoms with Gasteiger partial charge in [-0.2, -0.15) is 0 Å². The number of nitrogens with zero attached hydrogens (tertiary/aromatic N) is 3.